The van der Waals surface area contributed by atoms with E-state index in [1.807, 2.05) is 19.1 Å². The van der Waals surface area contributed by atoms with Crippen LogP contribution < -0.4 is 10.3 Å². The van der Waals surface area contributed by atoms with Gasteiger partial charge in [-0.15, -0.1) is 0 Å². The molecule has 1 aliphatic heterocycles. The molecule has 3 aromatic rings. The van der Waals surface area contributed by atoms with Crippen LogP contribution in [0.2, 0.25) is 0 Å². The molecule has 1 aliphatic rings. The molecule has 31 heavy (non-hydrogen) atoms. The molecule has 1 aromatic heterocycles. The first-order valence-electron chi connectivity index (χ1n) is 10.4. The maximum atomic E-state index is 12.8. The summed E-state index contributed by atoms with van der Waals surface area (Å²) in [5, 5.41) is 0.513. The van der Waals surface area contributed by atoms with Crippen molar-refractivity contribution in [1.29, 1.82) is 0 Å². The lowest BCUT2D eigenvalue weighted by Crippen LogP contribution is -2.42. The van der Waals surface area contributed by atoms with Crippen LogP contribution >= 0.6 is 0 Å². The van der Waals surface area contributed by atoms with Crippen LogP contribution in [0.5, 0.6) is 5.75 Å². The molecule has 2 aromatic carbocycles. The zero-order valence-electron chi connectivity index (χ0n) is 17.7. The van der Waals surface area contributed by atoms with Gasteiger partial charge in [0.15, 0.2) is 5.78 Å². The van der Waals surface area contributed by atoms with E-state index in [0.717, 1.165) is 5.56 Å². The summed E-state index contributed by atoms with van der Waals surface area (Å²) in [7, 11) is 1.59. The van der Waals surface area contributed by atoms with Gasteiger partial charge in [0.05, 0.1) is 24.3 Å². The normalized spacial score (nSPS) is 14.6. The monoisotopic (exact) mass is 419 g/mol. The van der Waals surface area contributed by atoms with Crippen molar-refractivity contribution in [2.45, 2.75) is 26.3 Å². The molecule has 0 aliphatic carbocycles. The molecule has 7 nitrogen and oxygen atoms in total. The first-order chi connectivity index (χ1) is 15.0. The number of ether oxygens (including phenoxy) is 1. The molecule has 7 heteroatoms. The van der Waals surface area contributed by atoms with Gasteiger partial charge in [-0.05, 0) is 55.7 Å². The smallest absolute Gasteiger partial charge is 0.261 e. The maximum absolute atomic E-state index is 12.8. The summed E-state index contributed by atoms with van der Waals surface area (Å²) >= 11 is 0. The first-order valence-corrected chi connectivity index (χ1v) is 10.4. The number of rotatable bonds is 5. The average molecular weight is 419 g/mol. The van der Waals surface area contributed by atoms with E-state index < -0.39 is 0 Å². The number of hydrogen-bond donors (Lipinski definition) is 0. The van der Waals surface area contributed by atoms with Gasteiger partial charge in [-0.2, -0.15) is 0 Å². The number of hydrogen-bond acceptors (Lipinski definition) is 5. The minimum atomic E-state index is -0.216. The molecule has 160 valence electrons. The average Bonchev–Trinajstić information content (AvgIpc) is 2.81. The number of carbonyl (C=O) groups excluding carboxylic acids is 2. The highest BCUT2D eigenvalue weighted by molar-refractivity contribution is 5.98. The lowest BCUT2D eigenvalue weighted by atomic mass is 9.89. The summed E-state index contributed by atoms with van der Waals surface area (Å²) in [5.41, 5.74) is 2.03. The number of aromatic nitrogens is 2. The molecule has 0 atom stereocenters. The minimum absolute atomic E-state index is 0.0488. The molecule has 1 amide bonds. The van der Waals surface area contributed by atoms with Crippen LogP contribution in [0, 0.1) is 12.8 Å². The fourth-order valence-electron chi connectivity index (χ4n) is 4.08. The van der Waals surface area contributed by atoms with Gasteiger partial charge in [-0.1, -0.05) is 12.1 Å². The van der Waals surface area contributed by atoms with E-state index in [4.69, 9.17) is 4.74 Å². The lowest BCUT2D eigenvalue weighted by molar-refractivity contribution is -0.133. The van der Waals surface area contributed by atoms with E-state index in [0.29, 0.717) is 48.1 Å². The summed E-state index contributed by atoms with van der Waals surface area (Å²) in [6.45, 7) is 2.86. The molecular formula is C24H25N3O4. The predicted molar refractivity (Wildman–Crippen MR) is 117 cm³/mol. The number of piperidine rings is 1. The molecule has 1 saturated heterocycles. The van der Waals surface area contributed by atoms with Gasteiger partial charge in [0.2, 0.25) is 5.91 Å². The Morgan fingerprint density at radius 1 is 1.10 bits per heavy atom. The molecule has 1 fully saturated rings. The van der Waals surface area contributed by atoms with Gasteiger partial charge in [0.25, 0.3) is 5.56 Å². The molecule has 0 radical (unpaired) electrons. The van der Waals surface area contributed by atoms with Gasteiger partial charge >= 0.3 is 0 Å². The van der Waals surface area contributed by atoms with E-state index >= 15 is 0 Å². The summed E-state index contributed by atoms with van der Waals surface area (Å²) in [4.78, 5) is 44.4. The van der Waals surface area contributed by atoms with E-state index in [9.17, 15) is 14.4 Å². The molecule has 4 rings (SSSR count). The summed E-state index contributed by atoms with van der Waals surface area (Å²) < 4.78 is 6.50. The third kappa shape index (κ3) is 4.21. The Labute approximate surface area is 180 Å². The number of aryl methyl sites for hydroxylation is 1. The van der Waals surface area contributed by atoms with Gasteiger partial charge in [-0.25, -0.2) is 4.98 Å². The Balaban J connectivity index is 1.39. The van der Waals surface area contributed by atoms with Crippen LogP contribution in [-0.2, 0) is 11.3 Å². The second-order valence-electron chi connectivity index (χ2n) is 7.90. The lowest BCUT2D eigenvalue weighted by Gasteiger charge is -2.31. The van der Waals surface area contributed by atoms with Crippen molar-refractivity contribution in [2.75, 3.05) is 20.2 Å². The SMILES string of the molecule is COc1ccc(C(=O)C2CCN(C(=O)Cn3cnc4c(C)cccc4c3=O)CC2)cc1. The Bertz CT molecular complexity index is 1180. The zero-order valence-corrected chi connectivity index (χ0v) is 17.7. The van der Waals surface area contributed by atoms with Crippen LogP contribution in [-0.4, -0.2) is 46.3 Å². The molecule has 0 unspecified atom stereocenters. The molecule has 2 heterocycles. The van der Waals surface area contributed by atoms with Crippen molar-refractivity contribution < 1.29 is 14.3 Å². The van der Waals surface area contributed by atoms with E-state index in [1.54, 1.807) is 42.3 Å². The molecular weight excluding hydrogens is 394 g/mol. The third-order valence-electron chi connectivity index (χ3n) is 5.95. The number of methoxy groups -OCH3 is 1. The van der Waals surface area contributed by atoms with Gasteiger partial charge in [0.1, 0.15) is 12.3 Å². The topological polar surface area (TPSA) is 81.5 Å². The number of fused-ring (bicyclic) bond motifs is 1. The number of para-hydroxylation sites is 1. The van der Waals surface area contributed by atoms with Crippen molar-refractivity contribution in [3.05, 3.63) is 70.3 Å². The highest BCUT2D eigenvalue weighted by atomic mass is 16.5. The highest BCUT2D eigenvalue weighted by Gasteiger charge is 2.28. The highest BCUT2D eigenvalue weighted by Crippen LogP contribution is 2.23. The minimum Gasteiger partial charge on any atom is -0.497 e. The Hall–Kier alpha value is -3.48. The van der Waals surface area contributed by atoms with Crippen LogP contribution in [0.25, 0.3) is 10.9 Å². The predicted octanol–water partition coefficient (Wildman–Crippen LogP) is 2.84. The summed E-state index contributed by atoms with van der Waals surface area (Å²) in [6.07, 6.45) is 2.66. The maximum Gasteiger partial charge on any atom is 0.261 e. The largest absolute Gasteiger partial charge is 0.497 e. The Kier molecular flexibility index (Phi) is 5.84. The molecule has 0 N–H and O–H groups in total. The molecule has 0 spiro atoms. The number of nitrogens with zero attached hydrogens (tertiary/aromatic N) is 3. The van der Waals surface area contributed by atoms with Gasteiger partial charge < -0.3 is 9.64 Å². The number of likely N-dealkylation sites (tertiary alicyclic amines) is 1. The number of benzene rings is 2. The van der Waals surface area contributed by atoms with Crippen molar-refractivity contribution in [1.82, 2.24) is 14.5 Å². The molecule has 0 saturated carbocycles. The van der Waals surface area contributed by atoms with Crippen LogP contribution in [0.4, 0.5) is 0 Å². The molecule has 0 bridgehead atoms. The van der Waals surface area contributed by atoms with Crippen molar-refractivity contribution in [3.8, 4) is 5.75 Å². The van der Waals surface area contributed by atoms with E-state index in [-0.39, 0.29) is 29.7 Å². The number of amides is 1. The van der Waals surface area contributed by atoms with Crippen molar-refractivity contribution in [3.63, 3.8) is 0 Å². The van der Waals surface area contributed by atoms with Crippen LogP contribution in [0.1, 0.15) is 28.8 Å². The fraction of sp³-hybridized carbons (Fsp3) is 0.333. The standard InChI is InChI=1S/C24H25N3O4/c1-16-4-3-5-20-22(16)25-15-27(24(20)30)14-21(28)26-12-10-18(11-13-26)23(29)17-6-8-19(31-2)9-7-17/h3-9,15,18H,10-14H2,1-2H3. The van der Waals surface area contributed by atoms with Crippen LogP contribution in [0.15, 0.2) is 53.6 Å². The van der Waals surface area contributed by atoms with E-state index in [1.165, 1.54) is 10.9 Å². The fourth-order valence-corrected chi connectivity index (χ4v) is 4.08. The van der Waals surface area contributed by atoms with Crippen molar-refractivity contribution in [2.24, 2.45) is 5.92 Å². The second kappa shape index (κ2) is 8.71. The number of ketones is 1. The van der Waals surface area contributed by atoms with E-state index in [2.05, 4.69) is 4.98 Å². The number of Topliss-reactive ketones (excluding diaryl/α,β-unsaturated/α-hetero) is 1. The zero-order chi connectivity index (χ0) is 22.0. The Morgan fingerprint density at radius 2 is 1.81 bits per heavy atom. The van der Waals surface area contributed by atoms with Gasteiger partial charge in [0, 0.05) is 24.6 Å². The Morgan fingerprint density at radius 3 is 2.48 bits per heavy atom. The second-order valence-corrected chi connectivity index (χ2v) is 7.90. The summed E-state index contributed by atoms with van der Waals surface area (Å²) in [6, 6.07) is 12.6. The number of carbonyl (C=O) groups is 2. The third-order valence-corrected chi connectivity index (χ3v) is 5.95. The summed E-state index contributed by atoms with van der Waals surface area (Å²) in [5.74, 6) is 0.572. The van der Waals surface area contributed by atoms with Crippen molar-refractivity contribution >= 4 is 22.6 Å². The first kappa shape index (κ1) is 20.8. The van der Waals surface area contributed by atoms with Crippen LogP contribution in [0.3, 0.4) is 0 Å². The quantitative estimate of drug-likeness (QED) is 0.594. The van der Waals surface area contributed by atoms with Gasteiger partial charge in [-0.3, -0.25) is 19.0 Å².